The van der Waals surface area contributed by atoms with Gasteiger partial charge in [-0.1, -0.05) is 6.07 Å². The molecule has 0 saturated carbocycles. The zero-order valence-corrected chi connectivity index (χ0v) is 13.2. The molecule has 1 heterocycles. The van der Waals surface area contributed by atoms with Crippen LogP contribution in [0.4, 0.5) is 0 Å². The third-order valence-corrected chi connectivity index (χ3v) is 4.38. The Morgan fingerprint density at radius 2 is 2.10 bits per heavy atom. The monoisotopic (exact) mass is 294 g/mol. The number of hydrogen-bond donors (Lipinski definition) is 1. The fourth-order valence-electron chi connectivity index (χ4n) is 2.46. The Balaban J connectivity index is 1.95. The highest BCUT2D eigenvalue weighted by Gasteiger charge is 2.27. The van der Waals surface area contributed by atoms with Gasteiger partial charge in [0.2, 0.25) is 6.79 Å². The van der Waals surface area contributed by atoms with Crippen molar-refractivity contribution in [1.29, 1.82) is 0 Å². The fourth-order valence-corrected chi connectivity index (χ4v) is 2.46. The molecule has 21 heavy (non-hydrogen) atoms. The summed E-state index contributed by atoms with van der Waals surface area (Å²) in [6.45, 7) is 4.74. The molecule has 1 unspecified atom stereocenters. The molecule has 5 heteroatoms. The lowest BCUT2D eigenvalue weighted by Gasteiger charge is -2.38. The molecule has 0 aliphatic carbocycles. The minimum Gasteiger partial charge on any atom is -0.454 e. The van der Waals surface area contributed by atoms with Gasteiger partial charge in [0.05, 0.1) is 6.61 Å². The van der Waals surface area contributed by atoms with E-state index in [1.54, 1.807) is 7.11 Å². The number of nitrogens with two attached hydrogens (primary N) is 1. The molecule has 118 valence electrons. The molecule has 0 fully saturated rings. The van der Waals surface area contributed by atoms with Gasteiger partial charge in [-0.05, 0) is 44.5 Å². The van der Waals surface area contributed by atoms with E-state index < -0.39 is 0 Å². The predicted molar refractivity (Wildman–Crippen MR) is 82.9 cm³/mol. The second kappa shape index (κ2) is 7.11. The Labute approximate surface area is 127 Å². The maximum Gasteiger partial charge on any atom is 0.231 e. The Morgan fingerprint density at radius 3 is 2.81 bits per heavy atom. The van der Waals surface area contributed by atoms with Gasteiger partial charge in [0.1, 0.15) is 0 Å². The van der Waals surface area contributed by atoms with Crippen molar-refractivity contribution in [1.82, 2.24) is 4.90 Å². The summed E-state index contributed by atoms with van der Waals surface area (Å²) in [7, 11) is 3.83. The second-order valence-corrected chi connectivity index (χ2v) is 5.80. The number of fused-ring (bicyclic) bond motifs is 1. The highest BCUT2D eigenvalue weighted by molar-refractivity contribution is 5.44. The summed E-state index contributed by atoms with van der Waals surface area (Å²) in [5.74, 6) is 1.67. The minimum absolute atomic E-state index is 0.0328. The van der Waals surface area contributed by atoms with Crippen molar-refractivity contribution in [3.63, 3.8) is 0 Å². The summed E-state index contributed by atoms with van der Waals surface area (Å²) in [6, 6.07) is 6.14. The van der Waals surface area contributed by atoms with Gasteiger partial charge in [-0.25, -0.2) is 0 Å². The number of methoxy groups -OCH3 is 1. The van der Waals surface area contributed by atoms with Crippen LogP contribution in [0.3, 0.4) is 0 Å². The number of hydrogen-bond acceptors (Lipinski definition) is 5. The molecule has 1 aliphatic rings. The predicted octanol–water partition coefficient (Wildman–Crippen LogP) is 1.64. The van der Waals surface area contributed by atoms with Gasteiger partial charge in [-0.3, -0.25) is 4.90 Å². The molecule has 1 atom stereocenters. The summed E-state index contributed by atoms with van der Waals surface area (Å²) in [6.07, 6.45) is 1.95. The number of ether oxygens (including phenoxy) is 3. The van der Waals surface area contributed by atoms with Crippen molar-refractivity contribution in [3.05, 3.63) is 23.8 Å². The number of benzene rings is 1. The van der Waals surface area contributed by atoms with Crippen LogP contribution in [0.5, 0.6) is 11.5 Å². The van der Waals surface area contributed by atoms with Gasteiger partial charge in [-0.15, -0.1) is 0 Å². The second-order valence-electron chi connectivity index (χ2n) is 5.80. The van der Waals surface area contributed by atoms with Gasteiger partial charge >= 0.3 is 0 Å². The number of nitrogens with zero attached hydrogens (tertiary/aromatic N) is 1. The van der Waals surface area contributed by atoms with Crippen molar-refractivity contribution >= 4 is 0 Å². The average Bonchev–Trinajstić information content (AvgIpc) is 2.97. The Bertz CT molecular complexity index is 467. The van der Waals surface area contributed by atoms with Crippen molar-refractivity contribution in [3.8, 4) is 11.5 Å². The van der Waals surface area contributed by atoms with Crippen LogP contribution in [0.1, 0.15) is 18.9 Å². The van der Waals surface area contributed by atoms with E-state index in [0.29, 0.717) is 13.3 Å². The number of likely N-dealkylation sites (N-methyl/N-ethyl adjacent to an activating group) is 1. The first-order chi connectivity index (χ1) is 10.1. The smallest absolute Gasteiger partial charge is 0.231 e. The first-order valence-corrected chi connectivity index (χ1v) is 7.38. The van der Waals surface area contributed by atoms with Crippen LogP contribution in [-0.4, -0.2) is 51.1 Å². The first kappa shape index (κ1) is 16.1. The zero-order chi connectivity index (χ0) is 15.3. The van der Waals surface area contributed by atoms with Crippen LogP contribution in [0.15, 0.2) is 18.2 Å². The highest BCUT2D eigenvalue weighted by atomic mass is 16.7. The molecule has 1 aromatic rings. The van der Waals surface area contributed by atoms with E-state index >= 15 is 0 Å². The molecule has 5 nitrogen and oxygen atoms in total. The lowest BCUT2D eigenvalue weighted by molar-refractivity contribution is 0.0887. The highest BCUT2D eigenvalue weighted by Crippen LogP contribution is 2.33. The van der Waals surface area contributed by atoms with E-state index in [1.165, 1.54) is 5.56 Å². The SMILES string of the molecule is COCCN(C)C(C)(CN)CCc1ccc2c(c1)OCO2. The van der Waals surface area contributed by atoms with Crippen molar-refractivity contribution in [2.24, 2.45) is 5.73 Å². The molecular weight excluding hydrogens is 268 g/mol. The lowest BCUT2D eigenvalue weighted by Crippen LogP contribution is -2.51. The topological polar surface area (TPSA) is 57.0 Å². The van der Waals surface area contributed by atoms with E-state index in [0.717, 1.165) is 37.5 Å². The normalized spacial score (nSPS) is 16.2. The van der Waals surface area contributed by atoms with Gasteiger partial charge in [0.25, 0.3) is 0 Å². The quantitative estimate of drug-likeness (QED) is 0.790. The molecule has 2 rings (SSSR count). The fraction of sp³-hybridized carbons (Fsp3) is 0.625. The van der Waals surface area contributed by atoms with Crippen LogP contribution in [0.25, 0.3) is 0 Å². The molecule has 1 aromatic carbocycles. The molecule has 0 amide bonds. The molecule has 0 aromatic heterocycles. The van der Waals surface area contributed by atoms with E-state index in [-0.39, 0.29) is 5.54 Å². The average molecular weight is 294 g/mol. The molecule has 2 N–H and O–H groups in total. The Morgan fingerprint density at radius 1 is 1.33 bits per heavy atom. The van der Waals surface area contributed by atoms with Crippen LogP contribution in [0, 0.1) is 0 Å². The molecule has 1 aliphatic heterocycles. The summed E-state index contributed by atoms with van der Waals surface area (Å²) in [5, 5.41) is 0. The molecule has 0 bridgehead atoms. The molecule has 0 spiro atoms. The lowest BCUT2D eigenvalue weighted by atomic mass is 9.91. The van der Waals surface area contributed by atoms with E-state index in [9.17, 15) is 0 Å². The van der Waals surface area contributed by atoms with Crippen molar-refractivity contribution in [2.75, 3.05) is 40.6 Å². The maximum absolute atomic E-state index is 6.01. The maximum atomic E-state index is 6.01. The number of rotatable bonds is 8. The first-order valence-electron chi connectivity index (χ1n) is 7.38. The largest absolute Gasteiger partial charge is 0.454 e. The van der Waals surface area contributed by atoms with Crippen LogP contribution < -0.4 is 15.2 Å². The van der Waals surface area contributed by atoms with Crippen LogP contribution in [0.2, 0.25) is 0 Å². The van der Waals surface area contributed by atoms with Gasteiger partial charge in [-0.2, -0.15) is 0 Å². The molecular formula is C16H26N2O3. The standard InChI is InChI=1S/C16H26N2O3/c1-16(11-17,18(2)8-9-19-3)7-6-13-4-5-14-15(10-13)21-12-20-14/h4-5,10H,6-9,11-12,17H2,1-3H3. The minimum atomic E-state index is -0.0328. The third kappa shape index (κ3) is 3.87. The molecule has 0 radical (unpaired) electrons. The third-order valence-electron chi connectivity index (χ3n) is 4.38. The van der Waals surface area contributed by atoms with Gasteiger partial charge in [0.15, 0.2) is 11.5 Å². The zero-order valence-electron chi connectivity index (χ0n) is 13.2. The summed E-state index contributed by atoms with van der Waals surface area (Å²) < 4.78 is 15.9. The van der Waals surface area contributed by atoms with E-state index in [2.05, 4.69) is 31.0 Å². The van der Waals surface area contributed by atoms with Crippen molar-refractivity contribution < 1.29 is 14.2 Å². The Hall–Kier alpha value is -1.30. The van der Waals surface area contributed by atoms with E-state index in [1.807, 2.05) is 6.07 Å². The van der Waals surface area contributed by atoms with Crippen molar-refractivity contribution in [2.45, 2.75) is 25.3 Å². The van der Waals surface area contributed by atoms with Crippen LogP contribution >= 0.6 is 0 Å². The summed E-state index contributed by atoms with van der Waals surface area (Å²) >= 11 is 0. The number of aryl methyl sites for hydroxylation is 1. The Kier molecular flexibility index (Phi) is 5.45. The van der Waals surface area contributed by atoms with Gasteiger partial charge in [0, 0.05) is 25.7 Å². The summed E-state index contributed by atoms with van der Waals surface area (Å²) in [5.41, 5.74) is 7.22. The van der Waals surface area contributed by atoms with Crippen LogP contribution in [-0.2, 0) is 11.2 Å². The molecule has 0 saturated heterocycles. The van der Waals surface area contributed by atoms with E-state index in [4.69, 9.17) is 19.9 Å². The van der Waals surface area contributed by atoms with Gasteiger partial charge < -0.3 is 19.9 Å². The summed E-state index contributed by atoms with van der Waals surface area (Å²) in [4.78, 5) is 2.28.